The Morgan fingerprint density at radius 3 is 2.76 bits per heavy atom. The Balaban J connectivity index is 2.15. The number of aliphatic hydroxyl groups excluding tert-OH is 1. The summed E-state index contributed by atoms with van der Waals surface area (Å²) in [6.07, 6.45) is 0.646. The fourth-order valence-electron chi connectivity index (χ4n) is 3.20. The summed E-state index contributed by atoms with van der Waals surface area (Å²) in [5.74, 6) is 0. The topological polar surface area (TPSA) is 38.7 Å². The van der Waals surface area contributed by atoms with E-state index in [0.717, 1.165) is 32.6 Å². The SMILES string of the molecule is CCNCc1ccc(N2CC(O)CC2CN(C)C)c(C)c1. The van der Waals surface area contributed by atoms with Gasteiger partial charge in [0.05, 0.1) is 6.10 Å². The molecule has 1 saturated heterocycles. The fraction of sp³-hybridized carbons (Fsp3) is 0.647. The molecule has 1 aliphatic heterocycles. The van der Waals surface area contributed by atoms with Crippen LogP contribution in [-0.2, 0) is 6.54 Å². The lowest BCUT2D eigenvalue weighted by Crippen LogP contribution is -2.38. The van der Waals surface area contributed by atoms with Gasteiger partial charge in [-0.25, -0.2) is 0 Å². The molecule has 0 radical (unpaired) electrons. The first-order chi connectivity index (χ1) is 10.0. The molecule has 0 aromatic heterocycles. The molecule has 0 amide bonds. The standard InChI is InChI=1S/C17H29N3O/c1-5-18-10-14-6-7-17(13(2)8-14)20-12-16(21)9-15(20)11-19(3)4/h6-8,15-16,18,21H,5,9-12H2,1-4H3. The number of benzene rings is 1. The minimum atomic E-state index is -0.212. The highest BCUT2D eigenvalue weighted by Gasteiger charge is 2.31. The zero-order valence-corrected chi connectivity index (χ0v) is 13.8. The number of aliphatic hydroxyl groups is 1. The number of aryl methyl sites for hydroxylation is 1. The van der Waals surface area contributed by atoms with Crippen molar-refractivity contribution in [2.75, 3.05) is 38.6 Å². The molecule has 0 spiro atoms. The summed E-state index contributed by atoms with van der Waals surface area (Å²) >= 11 is 0. The van der Waals surface area contributed by atoms with Crippen molar-refractivity contribution in [1.29, 1.82) is 0 Å². The van der Waals surface area contributed by atoms with E-state index in [0.29, 0.717) is 6.04 Å². The van der Waals surface area contributed by atoms with Crippen LogP contribution in [0.25, 0.3) is 0 Å². The number of hydrogen-bond donors (Lipinski definition) is 2. The molecule has 0 aliphatic carbocycles. The van der Waals surface area contributed by atoms with Crippen molar-refractivity contribution in [2.45, 2.75) is 39.0 Å². The molecule has 118 valence electrons. The second kappa shape index (κ2) is 7.25. The number of anilines is 1. The maximum Gasteiger partial charge on any atom is 0.0735 e. The Morgan fingerprint density at radius 2 is 2.14 bits per heavy atom. The molecular formula is C17H29N3O. The Morgan fingerprint density at radius 1 is 1.38 bits per heavy atom. The molecule has 0 bridgehead atoms. The van der Waals surface area contributed by atoms with Gasteiger partial charge in [-0.15, -0.1) is 0 Å². The van der Waals surface area contributed by atoms with Gasteiger partial charge >= 0.3 is 0 Å². The van der Waals surface area contributed by atoms with Crippen molar-refractivity contribution in [3.05, 3.63) is 29.3 Å². The number of rotatable bonds is 6. The molecule has 4 nitrogen and oxygen atoms in total. The zero-order valence-electron chi connectivity index (χ0n) is 13.8. The van der Waals surface area contributed by atoms with E-state index in [9.17, 15) is 5.11 Å². The molecule has 2 unspecified atom stereocenters. The number of nitrogens with one attached hydrogen (secondary N) is 1. The summed E-state index contributed by atoms with van der Waals surface area (Å²) in [5.41, 5.74) is 3.88. The first-order valence-electron chi connectivity index (χ1n) is 7.91. The number of β-amino-alcohol motifs (C(OH)–C–C–N with tert-alkyl or cyclic N) is 1. The van der Waals surface area contributed by atoms with Gasteiger partial charge in [0.15, 0.2) is 0 Å². The summed E-state index contributed by atoms with van der Waals surface area (Å²) in [6.45, 7) is 7.92. The summed E-state index contributed by atoms with van der Waals surface area (Å²) in [6, 6.07) is 7.06. The Bertz CT molecular complexity index is 461. The summed E-state index contributed by atoms with van der Waals surface area (Å²) < 4.78 is 0. The molecule has 0 saturated carbocycles. The van der Waals surface area contributed by atoms with Crippen molar-refractivity contribution >= 4 is 5.69 Å². The Labute approximate surface area is 128 Å². The average molecular weight is 291 g/mol. The highest BCUT2D eigenvalue weighted by molar-refractivity contribution is 5.56. The number of hydrogen-bond acceptors (Lipinski definition) is 4. The van der Waals surface area contributed by atoms with E-state index >= 15 is 0 Å². The summed E-state index contributed by atoms with van der Waals surface area (Å²) in [7, 11) is 4.19. The van der Waals surface area contributed by atoms with Gasteiger partial charge in [-0.05, 0) is 51.2 Å². The molecule has 1 aromatic carbocycles. The predicted molar refractivity (Wildman–Crippen MR) is 88.9 cm³/mol. The van der Waals surface area contributed by atoms with Crippen molar-refractivity contribution in [1.82, 2.24) is 10.2 Å². The second-order valence-electron chi connectivity index (χ2n) is 6.36. The van der Waals surface area contributed by atoms with Crippen LogP contribution in [0.4, 0.5) is 5.69 Å². The molecule has 1 aliphatic rings. The van der Waals surface area contributed by atoms with Crippen molar-refractivity contribution in [2.24, 2.45) is 0 Å². The van der Waals surface area contributed by atoms with E-state index in [1.54, 1.807) is 0 Å². The largest absolute Gasteiger partial charge is 0.391 e. The van der Waals surface area contributed by atoms with Crippen LogP contribution in [0.15, 0.2) is 18.2 Å². The third-order valence-electron chi connectivity index (χ3n) is 4.12. The van der Waals surface area contributed by atoms with Gasteiger partial charge in [-0.1, -0.05) is 19.1 Å². The molecule has 2 N–H and O–H groups in total. The van der Waals surface area contributed by atoms with Crippen molar-refractivity contribution in [3.63, 3.8) is 0 Å². The van der Waals surface area contributed by atoms with E-state index in [1.807, 2.05) is 0 Å². The van der Waals surface area contributed by atoms with Gasteiger partial charge in [0.25, 0.3) is 0 Å². The summed E-state index contributed by atoms with van der Waals surface area (Å²) in [4.78, 5) is 4.57. The van der Waals surface area contributed by atoms with Gasteiger partial charge in [-0.3, -0.25) is 0 Å². The maximum absolute atomic E-state index is 10.0. The van der Waals surface area contributed by atoms with E-state index in [2.05, 4.69) is 61.3 Å². The minimum Gasteiger partial charge on any atom is -0.391 e. The maximum atomic E-state index is 10.0. The normalized spacial score (nSPS) is 22.3. The van der Waals surface area contributed by atoms with Crippen LogP contribution in [0.2, 0.25) is 0 Å². The van der Waals surface area contributed by atoms with Gasteiger partial charge in [0.2, 0.25) is 0 Å². The smallest absolute Gasteiger partial charge is 0.0735 e. The molecular weight excluding hydrogens is 262 g/mol. The van der Waals surface area contributed by atoms with Crippen molar-refractivity contribution < 1.29 is 5.11 Å². The molecule has 4 heteroatoms. The van der Waals surface area contributed by atoms with Crippen molar-refractivity contribution in [3.8, 4) is 0 Å². The monoisotopic (exact) mass is 291 g/mol. The molecule has 21 heavy (non-hydrogen) atoms. The number of likely N-dealkylation sites (N-methyl/N-ethyl adjacent to an activating group) is 1. The second-order valence-corrected chi connectivity index (χ2v) is 6.36. The van der Waals surface area contributed by atoms with Gasteiger partial charge in [0.1, 0.15) is 0 Å². The lowest BCUT2D eigenvalue weighted by Gasteiger charge is -2.30. The van der Waals surface area contributed by atoms with E-state index in [4.69, 9.17) is 0 Å². The fourth-order valence-corrected chi connectivity index (χ4v) is 3.20. The van der Waals surface area contributed by atoms with Crippen LogP contribution < -0.4 is 10.2 Å². The van der Waals surface area contributed by atoms with E-state index in [1.165, 1.54) is 16.8 Å². The molecule has 1 heterocycles. The third-order valence-corrected chi connectivity index (χ3v) is 4.12. The van der Waals surface area contributed by atoms with Gasteiger partial charge in [-0.2, -0.15) is 0 Å². The first kappa shape index (κ1) is 16.3. The van der Waals surface area contributed by atoms with E-state index in [-0.39, 0.29) is 6.10 Å². The third kappa shape index (κ3) is 4.19. The minimum absolute atomic E-state index is 0.212. The molecule has 2 atom stereocenters. The first-order valence-corrected chi connectivity index (χ1v) is 7.91. The summed E-state index contributed by atoms with van der Waals surface area (Å²) in [5, 5.41) is 13.4. The van der Waals surface area contributed by atoms with Crippen LogP contribution in [0.5, 0.6) is 0 Å². The lowest BCUT2D eigenvalue weighted by molar-refractivity contribution is 0.191. The quantitative estimate of drug-likeness (QED) is 0.835. The van der Waals surface area contributed by atoms with Crippen LogP contribution >= 0.6 is 0 Å². The van der Waals surface area contributed by atoms with Gasteiger partial charge < -0.3 is 20.2 Å². The molecule has 2 rings (SSSR count). The average Bonchev–Trinajstić information content (AvgIpc) is 2.76. The predicted octanol–water partition coefficient (Wildman–Crippen LogP) is 1.61. The van der Waals surface area contributed by atoms with Crippen LogP contribution in [-0.4, -0.2) is 55.9 Å². The van der Waals surface area contributed by atoms with E-state index < -0.39 is 0 Å². The Hall–Kier alpha value is -1.10. The Kier molecular flexibility index (Phi) is 5.62. The van der Waals surface area contributed by atoms with Gasteiger partial charge in [0, 0.05) is 31.4 Å². The lowest BCUT2D eigenvalue weighted by atomic mass is 10.1. The number of nitrogens with zero attached hydrogens (tertiary/aromatic N) is 2. The molecule has 1 fully saturated rings. The highest BCUT2D eigenvalue weighted by atomic mass is 16.3. The van der Waals surface area contributed by atoms with Crippen LogP contribution in [0, 0.1) is 6.92 Å². The zero-order chi connectivity index (χ0) is 15.4. The van der Waals surface area contributed by atoms with Crippen LogP contribution in [0.3, 0.4) is 0 Å². The highest BCUT2D eigenvalue weighted by Crippen LogP contribution is 2.29. The van der Waals surface area contributed by atoms with Crippen LogP contribution in [0.1, 0.15) is 24.5 Å². The molecule has 1 aromatic rings.